The molecule has 1 aromatic heterocycles. The van der Waals surface area contributed by atoms with Crippen molar-refractivity contribution in [3.8, 4) is 0 Å². The fourth-order valence-electron chi connectivity index (χ4n) is 2.44. The summed E-state index contributed by atoms with van der Waals surface area (Å²) in [4.78, 5) is 12.0. The first-order valence-corrected chi connectivity index (χ1v) is 8.28. The maximum Gasteiger partial charge on any atom is 0.319 e. The zero-order valence-corrected chi connectivity index (χ0v) is 13.6. The Hall–Kier alpha value is -2.37. The van der Waals surface area contributed by atoms with Crippen molar-refractivity contribution in [1.29, 1.82) is 0 Å². The van der Waals surface area contributed by atoms with Gasteiger partial charge in [-0.15, -0.1) is 11.3 Å². The Labute approximate surface area is 138 Å². The van der Waals surface area contributed by atoms with Crippen molar-refractivity contribution < 1.29 is 9.90 Å². The molecule has 0 bridgehead atoms. The van der Waals surface area contributed by atoms with Crippen molar-refractivity contribution in [3.05, 3.63) is 65.0 Å². The number of benzene rings is 2. The van der Waals surface area contributed by atoms with Gasteiger partial charge in [0.15, 0.2) is 0 Å². The maximum atomic E-state index is 12.0. The predicted octanol–water partition coefficient (Wildman–Crippen LogP) is 4.06. The van der Waals surface area contributed by atoms with Gasteiger partial charge in [0, 0.05) is 22.5 Å². The number of carbonyl (C=O) groups excluding carboxylic acids is 1. The smallest absolute Gasteiger partial charge is 0.319 e. The Morgan fingerprint density at radius 1 is 1.17 bits per heavy atom. The molecule has 1 unspecified atom stereocenters. The van der Waals surface area contributed by atoms with Crippen LogP contribution in [0.25, 0.3) is 10.1 Å². The molecule has 118 valence electrons. The van der Waals surface area contributed by atoms with E-state index < -0.39 is 6.10 Å². The van der Waals surface area contributed by atoms with Crippen molar-refractivity contribution in [2.45, 2.75) is 13.0 Å². The van der Waals surface area contributed by atoms with Gasteiger partial charge in [0.25, 0.3) is 0 Å². The minimum absolute atomic E-state index is 0.165. The maximum absolute atomic E-state index is 12.0. The summed E-state index contributed by atoms with van der Waals surface area (Å²) in [5, 5.41) is 18.8. The van der Waals surface area contributed by atoms with Gasteiger partial charge in [-0.25, -0.2) is 4.79 Å². The van der Waals surface area contributed by atoms with Crippen LogP contribution in [0.5, 0.6) is 0 Å². The first-order chi connectivity index (χ1) is 11.1. The number of aryl methyl sites for hydroxylation is 1. The molecular weight excluding hydrogens is 308 g/mol. The molecule has 2 amide bonds. The standard InChI is InChI=1S/C18H18N2O2S/c1-12-6-2-4-8-15(12)20-18(22)19-10-16(21)14-11-23-17-9-5-3-7-13(14)17/h2-9,11,16,21H,10H2,1H3,(H2,19,20,22). The van der Waals surface area contributed by atoms with Crippen LogP contribution in [0.4, 0.5) is 10.5 Å². The zero-order chi connectivity index (χ0) is 16.2. The molecule has 0 aliphatic carbocycles. The van der Waals surface area contributed by atoms with Gasteiger partial charge in [-0.05, 0) is 35.4 Å². The van der Waals surface area contributed by atoms with Crippen LogP contribution < -0.4 is 10.6 Å². The summed E-state index contributed by atoms with van der Waals surface area (Å²) in [6.07, 6.45) is -0.728. The van der Waals surface area contributed by atoms with E-state index in [2.05, 4.69) is 10.6 Å². The van der Waals surface area contributed by atoms with Gasteiger partial charge in [0.05, 0.1) is 6.10 Å². The molecule has 0 saturated heterocycles. The summed E-state index contributed by atoms with van der Waals surface area (Å²) in [7, 11) is 0. The highest BCUT2D eigenvalue weighted by Gasteiger charge is 2.14. The number of para-hydroxylation sites is 1. The van der Waals surface area contributed by atoms with Gasteiger partial charge in [-0.1, -0.05) is 36.4 Å². The number of fused-ring (bicyclic) bond motifs is 1. The number of hydrogen-bond acceptors (Lipinski definition) is 3. The Morgan fingerprint density at radius 3 is 2.74 bits per heavy atom. The van der Waals surface area contributed by atoms with Crippen molar-refractivity contribution in [3.63, 3.8) is 0 Å². The number of urea groups is 1. The van der Waals surface area contributed by atoms with Crippen LogP contribution in [0.1, 0.15) is 17.2 Å². The topological polar surface area (TPSA) is 61.4 Å². The van der Waals surface area contributed by atoms with Gasteiger partial charge < -0.3 is 15.7 Å². The predicted molar refractivity (Wildman–Crippen MR) is 95.0 cm³/mol. The third kappa shape index (κ3) is 3.52. The van der Waals surface area contributed by atoms with Crippen LogP contribution in [0.2, 0.25) is 0 Å². The van der Waals surface area contributed by atoms with E-state index in [1.807, 2.05) is 60.8 Å². The van der Waals surface area contributed by atoms with E-state index in [0.717, 1.165) is 26.9 Å². The average Bonchev–Trinajstić information content (AvgIpc) is 2.99. The number of amides is 2. The minimum Gasteiger partial charge on any atom is -0.387 e. The monoisotopic (exact) mass is 326 g/mol. The highest BCUT2D eigenvalue weighted by molar-refractivity contribution is 7.17. The molecule has 0 aliphatic heterocycles. The van der Waals surface area contributed by atoms with Gasteiger partial charge in [-0.2, -0.15) is 0 Å². The van der Waals surface area contributed by atoms with E-state index in [1.54, 1.807) is 11.3 Å². The summed E-state index contributed by atoms with van der Waals surface area (Å²) in [6.45, 7) is 2.10. The van der Waals surface area contributed by atoms with Crippen molar-refractivity contribution in [2.75, 3.05) is 11.9 Å². The van der Waals surface area contributed by atoms with E-state index in [4.69, 9.17) is 0 Å². The number of aliphatic hydroxyl groups is 1. The van der Waals surface area contributed by atoms with Crippen LogP contribution in [-0.4, -0.2) is 17.7 Å². The second kappa shape index (κ2) is 6.81. The molecule has 3 rings (SSSR count). The number of aliphatic hydroxyl groups excluding tert-OH is 1. The lowest BCUT2D eigenvalue weighted by Gasteiger charge is -2.13. The largest absolute Gasteiger partial charge is 0.387 e. The second-order valence-electron chi connectivity index (χ2n) is 5.35. The Balaban J connectivity index is 1.61. The molecule has 0 aliphatic rings. The Morgan fingerprint density at radius 2 is 1.91 bits per heavy atom. The molecule has 3 aromatic rings. The third-order valence-electron chi connectivity index (χ3n) is 3.72. The van der Waals surface area contributed by atoms with Gasteiger partial charge in [0.2, 0.25) is 0 Å². The van der Waals surface area contributed by atoms with Crippen LogP contribution >= 0.6 is 11.3 Å². The Bertz CT molecular complexity index is 829. The highest BCUT2D eigenvalue weighted by Crippen LogP contribution is 2.29. The van der Waals surface area contributed by atoms with Crippen molar-refractivity contribution in [1.82, 2.24) is 5.32 Å². The van der Waals surface area contributed by atoms with E-state index >= 15 is 0 Å². The summed E-state index contributed by atoms with van der Waals surface area (Å²) < 4.78 is 1.13. The molecule has 3 N–H and O–H groups in total. The van der Waals surface area contributed by atoms with E-state index in [1.165, 1.54) is 0 Å². The number of nitrogens with one attached hydrogen (secondary N) is 2. The van der Waals surface area contributed by atoms with Crippen LogP contribution in [0, 0.1) is 6.92 Å². The van der Waals surface area contributed by atoms with Crippen molar-refractivity contribution >= 4 is 33.1 Å². The number of hydrogen-bond donors (Lipinski definition) is 3. The molecule has 1 heterocycles. The molecule has 4 nitrogen and oxygen atoms in total. The fraction of sp³-hybridized carbons (Fsp3) is 0.167. The van der Waals surface area contributed by atoms with Crippen LogP contribution in [0.3, 0.4) is 0 Å². The molecular formula is C18H18N2O2S. The number of anilines is 1. The quantitative estimate of drug-likeness (QED) is 0.677. The van der Waals surface area contributed by atoms with Crippen molar-refractivity contribution in [2.24, 2.45) is 0 Å². The SMILES string of the molecule is Cc1ccccc1NC(=O)NCC(O)c1csc2ccccc12. The number of carbonyl (C=O) groups is 1. The molecule has 5 heteroatoms. The highest BCUT2D eigenvalue weighted by atomic mass is 32.1. The minimum atomic E-state index is -0.728. The lowest BCUT2D eigenvalue weighted by Crippen LogP contribution is -2.32. The lowest BCUT2D eigenvalue weighted by atomic mass is 10.1. The van der Waals surface area contributed by atoms with Gasteiger partial charge in [-0.3, -0.25) is 0 Å². The van der Waals surface area contributed by atoms with Gasteiger partial charge >= 0.3 is 6.03 Å². The summed E-state index contributed by atoms with van der Waals surface area (Å²) in [6, 6.07) is 15.2. The average molecular weight is 326 g/mol. The molecule has 0 spiro atoms. The zero-order valence-electron chi connectivity index (χ0n) is 12.7. The third-order valence-corrected chi connectivity index (χ3v) is 4.70. The van der Waals surface area contributed by atoms with Crippen LogP contribution in [-0.2, 0) is 0 Å². The first kappa shape index (κ1) is 15.5. The second-order valence-corrected chi connectivity index (χ2v) is 6.26. The summed E-state index contributed by atoms with van der Waals surface area (Å²) in [5.41, 5.74) is 2.61. The first-order valence-electron chi connectivity index (χ1n) is 7.40. The van der Waals surface area contributed by atoms with E-state index in [0.29, 0.717) is 0 Å². The molecule has 0 radical (unpaired) electrons. The molecule has 2 aromatic carbocycles. The fourth-order valence-corrected chi connectivity index (χ4v) is 3.44. The Kier molecular flexibility index (Phi) is 4.60. The number of thiophene rings is 1. The summed E-state index contributed by atoms with van der Waals surface area (Å²) >= 11 is 1.59. The van der Waals surface area contributed by atoms with Gasteiger partial charge in [0.1, 0.15) is 0 Å². The molecule has 0 fully saturated rings. The molecule has 1 atom stereocenters. The molecule has 0 saturated carbocycles. The van der Waals surface area contributed by atoms with E-state index in [9.17, 15) is 9.90 Å². The summed E-state index contributed by atoms with van der Waals surface area (Å²) in [5.74, 6) is 0. The molecule has 23 heavy (non-hydrogen) atoms. The van der Waals surface area contributed by atoms with Crippen LogP contribution in [0.15, 0.2) is 53.9 Å². The lowest BCUT2D eigenvalue weighted by molar-refractivity contribution is 0.177. The van der Waals surface area contributed by atoms with E-state index in [-0.39, 0.29) is 12.6 Å². The number of rotatable bonds is 4. The normalized spacial score (nSPS) is 12.1.